The molecule has 0 fully saturated rings. The summed E-state index contributed by atoms with van der Waals surface area (Å²) >= 11 is 0. The molecule has 0 saturated heterocycles. The topological polar surface area (TPSA) is 18.5 Å². The van der Waals surface area contributed by atoms with Gasteiger partial charge in [-0.1, -0.05) is 0 Å². The fraction of sp³-hybridized carbons (Fsp3) is 1.00. The maximum atomic E-state index is 5.98. The number of ether oxygens (including phenoxy) is 2. The largest absolute Gasteiger partial charge is 0.379 e. The molecule has 0 unspecified atom stereocenters. The van der Waals surface area contributed by atoms with Gasteiger partial charge in [0.2, 0.25) is 0 Å². The average molecular weight is 216 g/mol. The first-order valence-electron chi connectivity index (χ1n) is 5.94. The molecule has 0 bridgehead atoms. The van der Waals surface area contributed by atoms with E-state index >= 15 is 0 Å². The van der Waals surface area contributed by atoms with Crippen LogP contribution >= 0.6 is 0 Å². The summed E-state index contributed by atoms with van der Waals surface area (Å²) in [5, 5.41) is 0. The minimum absolute atomic E-state index is 0.0570. The third-order valence-electron chi connectivity index (χ3n) is 1.96. The van der Waals surface area contributed by atoms with Crippen molar-refractivity contribution in [2.75, 3.05) is 6.61 Å². The second kappa shape index (κ2) is 5.86. The molecular formula is C13H28O2. The van der Waals surface area contributed by atoms with Crippen molar-refractivity contribution in [1.82, 2.24) is 0 Å². The molecule has 0 N–H and O–H groups in total. The Bertz CT molecular complexity index is 166. The first-order valence-corrected chi connectivity index (χ1v) is 5.94. The fourth-order valence-electron chi connectivity index (χ4n) is 1.70. The maximum Gasteiger partial charge on any atom is 0.0634 e. The Labute approximate surface area is 95.3 Å². The standard InChI is InChI=1S/C13H28O2/c1-11(2)14-10-8-9-13(6,7)15-12(3,4)5/h11H,8-10H2,1-7H3. The van der Waals surface area contributed by atoms with Crippen molar-refractivity contribution in [3.63, 3.8) is 0 Å². The fourth-order valence-corrected chi connectivity index (χ4v) is 1.70. The van der Waals surface area contributed by atoms with Crippen LogP contribution in [0.2, 0.25) is 0 Å². The van der Waals surface area contributed by atoms with Gasteiger partial charge in [-0.3, -0.25) is 0 Å². The molecule has 0 heterocycles. The van der Waals surface area contributed by atoms with E-state index in [1.54, 1.807) is 0 Å². The summed E-state index contributed by atoms with van der Waals surface area (Å²) in [6.07, 6.45) is 2.43. The van der Waals surface area contributed by atoms with Gasteiger partial charge in [-0.15, -0.1) is 0 Å². The van der Waals surface area contributed by atoms with Gasteiger partial charge < -0.3 is 9.47 Å². The average Bonchev–Trinajstić information content (AvgIpc) is 1.93. The van der Waals surface area contributed by atoms with Gasteiger partial charge in [0.15, 0.2) is 0 Å². The summed E-state index contributed by atoms with van der Waals surface area (Å²) in [5.74, 6) is 0. The smallest absolute Gasteiger partial charge is 0.0634 e. The summed E-state index contributed by atoms with van der Waals surface area (Å²) in [7, 11) is 0. The molecule has 0 radical (unpaired) electrons. The van der Waals surface area contributed by atoms with Crippen molar-refractivity contribution in [3.05, 3.63) is 0 Å². The van der Waals surface area contributed by atoms with E-state index in [1.807, 2.05) is 0 Å². The van der Waals surface area contributed by atoms with Gasteiger partial charge >= 0.3 is 0 Å². The van der Waals surface area contributed by atoms with Gasteiger partial charge in [0.25, 0.3) is 0 Å². The molecule has 2 heteroatoms. The summed E-state index contributed by atoms with van der Waals surface area (Å²) in [6, 6.07) is 0. The van der Waals surface area contributed by atoms with Crippen LogP contribution < -0.4 is 0 Å². The Morgan fingerprint density at radius 2 is 1.53 bits per heavy atom. The highest BCUT2D eigenvalue weighted by molar-refractivity contribution is 4.74. The number of hydrogen-bond acceptors (Lipinski definition) is 2. The van der Waals surface area contributed by atoms with Gasteiger partial charge in [0.05, 0.1) is 17.3 Å². The highest BCUT2D eigenvalue weighted by Crippen LogP contribution is 2.24. The second-order valence-corrected chi connectivity index (χ2v) is 6.00. The van der Waals surface area contributed by atoms with E-state index in [1.165, 1.54) is 0 Å². The van der Waals surface area contributed by atoms with Crippen molar-refractivity contribution in [1.29, 1.82) is 0 Å². The van der Waals surface area contributed by atoms with E-state index in [0.29, 0.717) is 6.10 Å². The first-order chi connectivity index (χ1) is 6.62. The zero-order valence-corrected chi connectivity index (χ0v) is 11.5. The van der Waals surface area contributed by atoms with Crippen LogP contribution in [0, 0.1) is 0 Å². The van der Waals surface area contributed by atoms with E-state index in [9.17, 15) is 0 Å². The van der Waals surface area contributed by atoms with Crippen LogP contribution in [0.3, 0.4) is 0 Å². The highest BCUT2D eigenvalue weighted by atomic mass is 16.5. The molecule has 0 rings (SSSR count). The van der Waals surface area contributed by atoms with Crippen molar-refractivity contribution in [3.8, 4) is 0 Å². The Kier molecular flexibility index (Phi) is 5.82. The number of hydrogen-bond donors (Lipinski definition) is 0. The molecule has 0 aromatic carbocycles. The van der Waals surface area contributed by atoms with E-state index < -0.39 is 0 Å². The molecule has 92 valence electrons. The van der Waals surface area contributed by atoms with Crippen LogP contribution in [-0.2, 0) is 9.47 Å². The zero-order valence-electron chi connectivity index (χ0n) is 11.5. The van der Waals surface area contributed by atoms with Crippen molar-refractivity contribution >= 4 is 0 Å². The monoisotopic (exact) mass is 216 g/mol. The van der Waals surface area contributed by atoms with E-state index in [0.717, 1.165) is 19.4 Å². The minimum atomic E-state index is -0.0671. The second-order valence-electron chi connectivity index (χ2n) is 6.00. The SMILES string of the molecule is CC(C)OCCCC(C)(C)OC(C)(C)C. The molecule has 0 aliphatic rings. The van der Waals surface area contributed by atoms with Crippen LogP contribution in [0.1, 0.15) is 61.3 Å². The maximum absolute atomic E-state index is 5.98. The summed E-state index contributed by atoms with van der Waals surface area (Å²) in [5.41, 5.74) is -0.124. The lowest BCUT2D eigenvalue weighted by Crippen LogP contribution is -2.35. The van der Waals surface area contributed by atoms with Crippen LogP contribution in [0.4, 0.5) is 0 Å². The Balaban J connectivity index is 3.74. The predicted octanol–water partition coefficient (Wildman–Crippen LogP) is 3.79. The van der Waals surface area contributed by atoms with Crippen LogP contribution in [-0.4, -0.2) is 23.9 Å². The minimum Gasteiger partial charge on any atom is -0.379 e. The molecule has 2 nitrogen and oxygen atoms in total. The normalized spacial score (nSPS) is 13.6. The van der Waals surface area contributed by atoms with Crippen molar-refractivity contribution in [2.24, 2.45) is 0 Å². The van der Waals surface area contributed by atoms with E-state index in [2.05, 4.69) is 48.5 Å². The molecule has 0 aliphatic carbocycles. The van der Waals surface area contributed by atoms with Gasteiger partial charge in [-0.2, -0.15) is 0 Å². The van der Waals surface area contributed by atoms with E-state index in [-0.39, 0.29) is 11.2 Å². The lowest BCUT2D eigenvalue weighted by molar-refractivity contribution is -0.118. The summed E-state index contributed by atoms with van der Waals surface area (Å²) in [4.78, 5) is 0. The molecule has 0 aromatic rings. The van der Waals surface area contributed by atoms with Crippen LogP contribution in [0.5, 0.6) is 0 Å². The lowest BCUT2D eigenvalue weighted by atomic mass is 10.0. The predicted molar refractivity (Wildman–Crippen MR) is 65.2 cm³/mol. The molecule has 0 atom stereocenters. The third-order valence-corrected chi connectivity index (χ3v) is 1.96. The Hall–Kier alpha value is -0.0800. The summed E-state index contributed by atoms with van der Waals surface area (Å²) < 4.78 is 11.5. The molecule has 0 aromatic heterocycles. The van der Waals surface area contributed by atoms with Crippen molar-refractivity contribution < 1.29 is 9.47 Å². The molecule has 0 amide bonds. The van der Waals surface area contributed by atoms with Gasteiger partial charge in [0.1, 0.15) is 0 Å². The Morgan fingerprint density at radius 3 is 1.93 bits per heavy atom. The quantitative estimate of drug-likeness (QED) is 0.629. The lowest BCUT2D eigenvalue weighted by Gasteiger charge is -2.34. The van der Waals surface area contributed by atoms with Gasteiger partial charge in [0, 0.05) is 6.61 Å². The zero-order chi connectivity index (χ0) is 12.1. The van der Waals surface area contributed by atoms with Gasteiger partial charge in [-0.05, 0) is 61.3 Å². The third kappa shape index (κ3) is 10.2. The molecule has 0 saturated carbocycles. The summed E-state index contributed by atoms with van der Waals surface area (Å²) in [6.45, 7) is 15.5. The van der Waals surface area contributed by atoms with Gasteiger partial charge in [-0.25, -0.2) is 0 Å². The molecule has 0 spiro atoms. The highest BCUT2D eigenvalue weighted by Gasteiger charge is 2.25. The molecular weight excluding hydrogens is 188 g/mol. The Morgan fingerprint density at radius 1 is 1.00 bits per heavy atom. The molecule has 0 aliphatic heterocycles. The first kappa shape index (κ1) is 14.9. The van der Waals surface area contributed by atoms with Crippen LogP contribution in [0.25, 0.3) is 0 Å². The van der Waals surface area contributed by atoms with Crippen molar-refractivity contribution in [2.45, 2.75) is 78.6 Å². The van der Waals surface area contributed by atoms with E-state index in [4.69, 9.17) is 9.47 Å². The number of rotatable bonds is 6. The van der Waals surface area contributed by atoms with Crippen LogP contribution in [0.15, 0.2) is 0 Å². The molecule has 15 heavy (non-hydrogen) atoms.